The van der Waals surface area contributed by atoms with E-state index in [4.69, 9.17) is 4.99 Å². The molecule has 0 saturated carbocycles. The Labute approximate surface area is 182 Å². The monoisotopic (exact) mass is 413 g/mol. The molecule has 0 bridgehead atoms. The number of guanidine groups is 1. The second kappa shape index (κ2) is 11.3. The molecule has 0 aliphatic carbocycles. The van der Waals surface area contributed by atoms with Gasteiger partial charge in [-0.1, -0.05) is 26.0 Å². The Balaban J connectivity index is 1.51. The number of carbonyl (C=O) groups is 1. The second-order valence-electron chi connectivity index (χ2n) is 9.05. The zero-order chi connectivity index (χ0) is 21.3. The number of likely N-dealkylation sites (tertiary alicyclic amines) is 1. The smallest absolute Gasteiger partial charge is 0.227 e. The Morgan fingerprint density at radius 2 is 1.97 bits per heavy atom. The molecule has 2 fully saturated rings. The quantitative estimate of drug-likeness (QED) is 0.507. The van der Waals surface area contributed by atoms with Crippen LogP contribution >= 0.6 is 0 Å². The fraction of sp³-hybridized carbons (Fsp3) is 0.667. The van der Waals surface area contributed by atoms with E-state index in [1.54, 1.807) is 0 Å². The highest BCUT2D eigenvalue weighted by atomic mass is 16.2. The molecular formula is C24H39N5O. The van der Waals surface area contributed by atoms with Crippen molar-refractivity contribution < 1.29 is 4.79 Å². The molecule has 6 nitrogen and oxygen atoms in total. The van der Waals surface area contributed by atoms with Crippen LogP contribution in [-0.4, -0.2) is 56.0 Å². The number of nitrogens with zero attached hydrogens (tertiary/aromatic N) is 3. The van der Waals surface area contributed by atoms with Gasteiger partial charge < -0.3 is 20.4 Å². The van der Waals surface area contributed by atoms with Crippen molar-refractivity contribution in [3.8, 4) is 0 Å². The van der Waals surface area contributed by atoms with Crippen LogP contribution in [0, 0.1) is 11.8 Å². The summed E-state index contributed by atoms with van der Waals surface area (Å²) in [7, 11) is 0. The number of hydrogen-bond acceptors (Lipinski definition) is 3. The summed E-state index contributed by atoms with van der Waals surface area (Å²) in [4.78, 5) is 21.2. The molecule has 1 amide bonds. The predicted octanol–water partition coefficient (Wildman–Crippen LogP) is 3.24. The summed E-state index contributed by atoms with van der Waals surface area (Å²) >= 11 is 0. The standard InChI is InChI=1S/C24H39N5O/c1-4-25-24(27-16-21-7-5-13-28(18-21)17-19(2)3)26-15-20-9-11-22(12-10-20)29-14-6-8-23(29)30/h9-12,19,21H,4-8,13-18H2,1-3H3,(H2,25,26,27). The molecule has 2 heterocycles. The molecule has 2 N–H and O–H groups in total. The van der Waals surface area contributed by atoms with Crippen molar-refractivity contribution in [1.82, 2.24) is 15.5 Å². The number of aliphatic imine (C=N–C) groups is 1. The van der Waals surface area contributed by atoms with Gasteiger partial charge in [0.05, 0.1) is 6.54 Å². The lowest BCUT2D eigenvalue weighted by atomic mass is 9.97. The number of carbonyl (C=O) groups excluding carboxylic acids is 1. The molecule has 2 aliphatic heterocycles. The predicted molar refractivity (Wildman–Crippen MR) is 125 cm³/mol. The maximum absolute atomic E-state index is 11.9. The Morgan fingerprint density at radius 3 is 2.63 bits per heavy atom. The van der Waals surface area contributed by atoms with Crippen molar-refractivity contribution in [3.63, 3.8) is 0 Å². The molecule has 2 saturated heterocycles. The van der Waals surface area contributed by atoms with E-state index in [1.165, 1.54) is 32.5 Å². The number of anilines is 1. The minimum atomic E-state index is 0.231. The van der Waals surface area contributed by atoms with Crippen molar-refractivity contribution in [2.75, 3.05) is 44.2 Å². The third kappa shape index (κ3) is 6.73. The van der Waals surface area contributed by atoms with Crippen molar-refractivity contribution in [2.45, 2.75) is 53.0 Å². The van der Waals surface area contributed by atoms with Crippen molar-refractivity contribution in [1.29, 1.82) is 0 Å². The first-order valence-electron chi connectivity index (χ1n) is 11.7. The summed E-state index contributed by atoms with van der Waals surface area (Å²) in [5, 5.41) is 6.93. The summed E-state index contributed by atoms with van der Waals surface area (Å²) in [6.07, 6.45) is 4.20. The van der Waals surface area contributed by atoms with E-state index >= 15 is 0 Å². The van der Waals surface area contributed by atoms with Crippen LogP contribution in [0.2, 0.25) is 0 Å². The van der Waals surface area contributed by atoms with Crippen LogP contribution in [0.5, 0.6) is 0 Å². The zero-order valence-corrected chi connectivity index (χ0v) is 19.0. The van der Waals surface area contributed by atoms with Crippen LogP contribution in [0.3, 0.4) is 0 Å². The maximum atomic E-state index is 11.9. The highest BCUT2D eigenvalue weighted by Gasteiger charge is 2.22. The van der Waals surface area contributed by atoms with Crippen LogP contribution in [0.15, 0.2) is 29.3 Å². The van der Waals surface area contributed by atoms with Gasteiger partial charge in [-0.05, 0) is 62.3 Å². The molecule has 2 aliphatic rings. The molecule has 0 aromatic heterocycles. The highest BCUT2D eigenvalue weighted by molar-refractivity contribution is 5.95. The first-order chi connectivity index (χ1) is 14.5. The number of rotatable bonds is 8. The number of piperidine rings is 1. The number of amides is 1. The van der Waals surface area contributed by atoms with Gasteiger partial charge in [-0.3, -0.25) is 4.79 Å². The van der Waals surface area contributed by atoms with Crippen LogP contribution < -0.4 is 15.5 Å². The van der Waals surface area contributed by atoms with E-state index < -0.39 is 0 Å². The minimum Gasteiger partial charge on any atom is -0.357 e. The SMILES string of the molecule is CCNC(=NCc1ccc(N2CCCC2=O)cc1)NCC1CCCN(CC(C)C)C1. The van der Waals surface area contributed by atoms with Gasteiger partial charge >= 0.3 is 0 Å². The van der Waals surface area contributed by atoms with Crippen molar-refractivity contribution >= 4 is 17.6 Å². The van der Waals surface area contributed by atoms with Crippen molar-refractivity contribution in [2.24, 2.45) is 16.8 Å². The minimum absolute atomic E-state index is 0.231. The molecule has 30 heavy (non-hydrogen) atoms. The molecule has 1 atom stereocenters. The van der Waals surface area contributed by atoms with E-state index in [0.29, 0.717) is 18.9 Å². The van der Waals surface area contributed by atoms with Crippen LogP contribution in [-0.2, 0) is 11.3 Å². The van der Waals surface area contributed by atoms with Gasteiger partial charge in [0.1, 0.15) is 0 Å². The number of hydrogen-bond donors (Lipinski definition) is 2. The summed E-state index contributed by atoms with van der Waals surface area (Å²) in [5.41, 5.74) is 2.15. The fourth-order valence-corrected chi connectivity index (χ4v) is 4.46. The number of benzene rings is 1. The average molecular weight is 414 g/mol. The first-order valence-corrected chi connectivity index (χ1v) is 11.7. The Bertz CT molecular complexity index is 700. The summed E-state index contributed by atoms with van der Waals surface area (Å²) < 4.78 is 0. The van der Waals surface area contributed by atoms with E-state index in [2.05, 4.69) is 48.4 Å². The second-order valence-corrected chi connectivity index (χ2v) is 9.05. The molecule has 166 valence electrons. The van der Waals surface area contributed by atoms with Crippen LogP contribution in [0.25, 0.3) is 0 Å². The van der Waals surface area contributed by atoms with Gasteiger partial charge in [0, 0.05) is 44.8 Å². The zero-order valence-electron chi connectivity index (χ0n) is 19.0. The maximum Gasteiger partial charge on any atom is 0.227 e. The third-order valence-electron chi connectivity index (χ3n) is 5.87. The molecule has 3 rings (SSSR count). The lowest BCUT2D eigenvalue weighted by molar-refractivity contribution is -0.117. The van der Waals surface area contributed by atoms with Crippen molar-refractivity contribution in [3.05, 3.63) is 29.8 Å². The lowest BCUT2D eigenvalue weighted by Gasteiger charge is -2.34. The summed E-state index contributed by atoms with van der Waals surface area (Å²) in [5.74, 6) is 2.52. The molecule has 0 radical (unpaired) electrons. The Hall–Kier alpha value is -2.08. The Kier molecular flexibility index (Phi) is 8.55. The molecule has 6 heteroatoms. The third-order valence-corrected chi connectivity index (χ3v) is 5.87. The first kappa shape index (κ1) is 22.6. The van der Waals surface area contributed by atoms with Gasteiger partial charge in [-0.15, -0.1) is 0 Å². The molecule has 1 aromatic carbocycles. The summed E-state index contributed by atoms with van der Waals surface area (Å²) in [6, 6.07) is 8.25. The fourth-order valence-electron chi connectivity index (χ4n) is 4.46. The van der Waals surface area contributed by atoms with Gasteiger partial charge in [0.15, 0.2) is 5.96 Å². The highest BCUT2D eigenvalue weighted by Crippen LogP contribution is 2.22. The molecule has 0 spiro atoms. The average Bonchev–Trinajstić information content (AvgIpc) is 3.16. The summed E-state index contributed by atoms with van der Waals surface area (Å²) in [6.45, 7) is 13.6. The normalized spacial score (nSPS) is 20.8. The number of nitrogens with one attached hydrogen (secondary N) is 2. The van der Waals surface area contributed by atoms with Gasteiger partial charge in [-0.25, -0.2) is 4.99 Å². The van der Waals surface area contributed by atoms with Crippen LogP contribution in [0.4, 0.5) is 5.69 Å². The Morgan fingerprint density at radius 1 is 1.17 bits per heavy atom. The van der Waals surface area contributed by atoms with Gasteiger partial charge in [0.2, 0.25) is 5.91 Å². The lowest BCUT2D eigenvalue weighted by Crippen LogP contribution is -2.45. The topological polar surface area (TPSA) is 60.0 Å². The van der Waals surface area contributed by atoms with E-state index in [-0.39, 0.29) is 5.91 Å². The van der Waals surface area contributed by atoms with Gasteiger partial charge in [0.25, 0.3) is 0 Å². The molecule has 1 aromatic rings. The molecular weight excluding hydrogens is 374 g/mol. The molecule has 1 unspecified atom stereocenters. The van der Waals surface area contributed by atoms with E-state index in [1.807, 2.05) is 17.0 Å². The largest absolute Gasteiger partial charge is 0.357 e. The van der Waals surface area contributed by atoms with Gasteiger partial charge in [-0.2, -0.15) is 0 Å². The van der Waals surface area contributed by atoms with E-state index in [0.717, 1.165) is 49.2 Å². The van der Waals surface area contributed by atoms with E-state index in [9.17, 15) is 4.79 Å². The van der Waals surface area contributed by atoms with Crippen LogP contribution in [0.1, 0.15) is 52.0 Å².